The summed E-state index contributed by atoms with van der Waals surface area (Å²) in [6.45, 7) is 2.02. The van der Waals surface area contributed by atoms with E-state index in [1.165, 1.54) is 7.11 Å². The van der Waals surface area contributed by atoms with Crippen molar-refractivity contribution in [1.29, 1.82) is 0 Å². The predicted molar refractivity (Wildman–Crippen MR) is 99.1 cm³/mol. The fourth-order valence-electron chi connectivity index (χ4n) is 2.93. The van der Waals surface area contributed by atoms with Crippen LogP contribution in [0.15, 0.2) is 36.0 Å². The van der Waals surface area contributed by atoms with Gasteiger partial charge in [0.15, 0.2) is 5.78 Å². The Morgan fingerprint density at radius 1 is 1.39 bits per heavy atom. The number of para-hydroxylation sites is 1. The van der Waals surface area contributed by atoms with Crippen LogP contribution in [0.2, 0.25) is 0 Å². The summed E-state index contributed by atoms with van der Waals surface area (Å²) in [6.07, 6.45) is 4.89. The summed E-state index contributed by atoms with van der Waals surface area (Å²) in [5.41, 5.74) is 1.54. The largest absolute Gasteiger partial charge is 0.469 e. The summed E-state index contributed by atoms with van der Waals surface area (Å²) in [5.74, 6) is -0.138. The molecule has 0 radical (unpaired) electrons. The van der Waals surface area contributed by atoms with E-state index in [9.17, 15) is 9.59 Å². The standard InChI is InChI=1S/C18H22INO3/c1-3-18(11-9-17(22)23-2)10-8-13(12-16(18)21)20-15-7-5-4-6-14(15)19/h4-7,12,20H,3,8-11H2,1-2H3/t18-/m0/s1. The van der Waals surface area contributed by atoms with Crippen LogP contribution in [0.1, 0.15) is 39.0 Å². The molecule has 124 valence electrons. The normalized spacial score (nSPS) is 20.8. The molecule has 0 heterocycles. The highest BCUT2D eigenvalue weighted by Gasteiger charge is 2.38. The number of ketones is 1. The van der Waals surface area contributed by atoms with Crippen molar-refractivity contribution in [1.82, 2.24) is 0 Å². The molecule has 4 nitrogen and oxygen atoms in total. The van der Waals surface area contributed by atoms with Crippen molar-refractivity contribution in [3.63, 3.8) is 0 Å². The van der Waals surface area contributed by atoms with Gasteiger partial charge >= 0.3 is 5.97 Å². The van der Waals surface area contributed by atoms with Crippen LogP contribution in [-0.2, 0) is 14.3 Å². The second-order valence-electron chi connectivity index (χ2n) is 5.85. The van der Waals surface area contributed by atoms with Crippen LogP contribution in [0, 0.1) is 8.99 Å². The summed E-state index contributed by atoms with van der Waals surface area (Å²) in [5, 5.41) is 3.36. The molecule has 0 spiro atoms. The maximum absolute atomic E-state index is 12.7. The number of hydrogen-bond donors (Lipinski definition) is 1. The molecule has 23 heavy (non-hydrogen) atoms. The monoisotopic (exact) mass is 427 g/mol. The molecule has 0 saturated heterocycles. The Hall–Kier alpha value is -1.37. The Morgan fingerprint density at radius 3 is 2.74 bits per heavy atom. The highest BCUT2D eigenvalue weighted by molar-refractivity contribution is 14.1. The summed E-state index contributed by atoms with van der Waals surface area (Å²) < 4.78 is 5.82. The second kappa shape index (κ2) is 7.95. The van der Waals surface area contributed by atoms with E-state index in [1.54, 1.807) is 6.08 Å². The molecule has 0 unspecified atom stereocenters. The van der Waals surface area contributed by atoms with E-state index in [1.807, 2.05) is 31.2 Å². The third kappa shape index (κ3) is 4.34. The van der Waals surface area contributed by atoms with Gasteiger partial charge in [0.2, 0.25) is 0 Å². The van der Waals surface area contributed by atoms with Crippen LogP contribution in [-0.4, -0.2) is 18.9 Å². The molecule has 0 aliphatic heterocycles. The van der Waals surface area contributed by atoms with Gasteiger partial charge in [0.25, 0.3) is 0 Å². The zero-order valence-electron chi connectivity index (χ0n) is 13.5. The van der Waals surface area contributed by atoms with Crippen molar-refractivity contribution in [2.24, 2.45) is 5.41 Å². The predicted octanol–water partition coefficient (Wildman–Crippen LogP) is 4.30. The number of esters is 1. The molecule has 1 N–H and O–H groups in total. The highest BCUT2D eigenvalue weighted by Crippen LogP contribution is 2.40. The van der Waals surface area contributed by atoms with Gasteiger partial charge in [-0.2, -0.15) is 0 Å². The minimum absolute atomic E-state index is 0.114. The zero-order valence-corrected chi connectivity index (χ0v) is 15.7. The number of ether oxygens (including phenoxy) is 1. The summed E-state index contributed by atoms with van der Waals surface area (Å²) in [6, 6.07) is 8.00. The topological polar surface area (TPSA) is 55.4 Å². The molecule has 1 aromatic rings. The highest BCUT2D eigenvalue weighted by atomic mass is 127. The first-order valence-corrected chi connectivity index (χ1v) is 8.92. The van der Waals surface area contributed by atoms with E-state index in [4.69, 9.17) is 4.74 Å². The number of anilines is 1. The molecule has 5 heteroatoms. The lowest BCUT2D eigenvalue weighted by Gasteiger charge is -2.34. The van der Waals surface area contributed by atoms with Crippen LogP contribution in [0.25, 0.3) is 0 Å². The molecule has 1 aromatic carbocycles. The van der Waals surface area contributed by atoms with Crippen LogP contribution < -0.4 is 5.32 Å². The van der Waals surface area contributed by atoms with E-state index in [-0.39, 0.29) is 11.8 Å². The van der Waals surface area contributed by atoms with Gasteiger partial charge < -0.3 is 10.1 Å². The van der Waals surface area contributed by atoms with Gasteiger partial charge in [0.1, 0.15) is 0 Å². The van der Waals surface area contributed by atoms with Crippen LogP contribution in [0.4, 0.5) is 5.69 Å². The molecular weight excluding hydrogens is 405 g/mol. The molecule has 0 saturated carbocycles. The lowest BCUT2D eigenvalue weighted by Crippen LogP contribution is -2.34. The summed E-state index contributed by atoms with van der Waals surface area (Å²) in [7, 11) is 1.38. The Kier molecular flexibility index (Phi) is 6.21. The number of hydrogen-bond acceptors (Lipinski definition) is 4. The van der Waals surface area contributed by atoms with Crippen LogP contribution in [0.3, 0.4) is 0 Å². The minimum Gasteiger partial charge on any atom is -0.469 e. The third-order valence-corrected chi connectivity index (χ3v) is 5.52. The third-order valence-electron chi connectivity index (χ3n) is 4.58. The first-order chi connectivity index (χ1) is 11.0. The molecule has 0 aromatic heterocycles. The average molecular weight is 427 g/mol. The van der Waals surface area contributed by atoms with Crippen molar-refractivity contribution >= 4 is 40.0 Å². The molecule has 2 rings (SSSR count). The Labute approximate surface area is 150 Å². The van der Waals surface area contributed by atoms with Crippen LogP contribution >= 0.6 is 22.6 Å². The van der Waals surface area contributed by atoms with E-state index in [2.05, 4.69) is 27.9 Å². The first-order valence-electron chi connectivity index (χ1n) is 7.84. The lowest BCUT2D eigenvalue weighted by atomic mass is 9.70. The van der Waals surface area contributed by atoms with Gasteiger partial charge in [0, 0.05) is 27.2 Å². The second-order valence-corrected chi connectivity index (χ2v) is 7.01. The molecule has 1 aliphatic carbocycles. The van der Waals surface area contributed by atoms with Crippen molar-refractivity contribution in [3.8, 4) is 0 Å². The minimum atomic E-state index is -0.427. The number of carbonyl (C=O) groups excluding carboxylic acids is 2. The summed E-state index contributed by atoms with van der Waals surface area (Å²) in [4.78, 5) is 24.1. The maximum atomic E-state index is 12.7. The molecule has 0 bridgehead atoms. The van der Waals surface area contributed by atoms with Crippen molar-refractivity contribution in [2.45, 2.75) is 39.0 Å². The molecule has 1 atom stereocenters. The number of allylic oxidation sites excluding steroid dienone is 2. The number of carbonyl (C=O) groups is 2. The fourth-order valence-corrected chi connectivity index (χ4v) is 3.46. The van der Waals surface area contributed by atoms with Gasteiger partial charge in [-0.15, -0.1) is 0 Å². The van der Waals surface area contributed by atoms with E-state index < -0.39 is 5.41 Å². The first kappa shape index (κ1) is 18.0. The van der Waals surface area contributed by atoms with Crippen molar-refractivity contribution in [3.05, 3.63) is 39.6 Å². The Morgan fingerprint density at radius 2 is 2.13 bits per heavy atom. The zero-order chi connectivity index (χ0) is 16.9. The average Bonchev–Trinajstić information content (AvgIpc) is 2.56. The quantitative estimate of drug-likeness (QED) is 0.544. The molecular formula is C18H22INO3. The summed E-state index contributed by atoms with van der Waals surface area (Å²) >= 11 is 2.27. The smallest absolute Gasteiger partial charge is 0.305 e. The number of methoxy groups -OCH3 is 1. The van der Waals surface area contributed by atoms with E-state index in [0.717, 1.165) is 34.2 Å². The molecule has 0 amide bonds. The number of nitrogens with one attached hydrogen (secondary N) is 1. The Bertz CT molecular complexity index is 626. The van der Waals surface area contributed by atoms with Crippen LogP contribution in [0.5, 0.6) is 0 Å². The van der Waals surface area contributed by atoms with Crippen molar-refractivity contribution in [2.75, 3.05) is 12.4 Å². The Balaban J connectivity index is 2.10. The van der Waals surface area contributed by atoms with Gasteiger partial charge in [-0.25, -0.2) is 0 Å². The number of rotatable bonds is 6. The number of benzene rings is 1. The lowest BCUT2D eigenvalue weighted by molar-refractivity contribution is -0.141. The molecule has 0 fully saturated rings. The van der Waals surface area contributed by atoms with Gasteiger partial charge in [0.05, 0.1) is 12.8 Å². The van der Waals surface area contributed by atoms with E-state index in [0.29, 0.717) is 12.8 Å². The SMILES string of the molecule is CC[C@@]1(CCC(=O)OC)CCC(Nc2ccccc2I)=CC1=O. The maximum Gasteiger partial charge on any atom is 0.305 e. The van der Waals surface area contributed by atoms with Gasteiger partial charge in [-0.05, 0) is 60.4 Å². The number of halogens is 1. The van der Waals surface area contributed by atoms with Gasteiger partial charge in [-0.1, -0.05) is 19.1 Å². The fraction of sp³-hybridized carbons (Fsp3) is 0.444. The molecule has 1 aliphatic rings. The van der Waals surface area contributed by atoms with E-state index >= 15 is 0 Å². The van der Waals surface area contributed by atoms with Gasteiger partial charge in [-0.3, -0.25) is 9.59 Å². The van der Waals surface area contributed by atoms with Crippen molar-refractivity contribution < 1.29 is 14.3 Å².